The molecule has 0 radical (unpaired) electrons. The molecule has 0 aromatic carbocycles. The molecule has 19 heavy (non-hydrogen) atoms. The molecule has 3 rings (SSSR count). The van der Waals surface area contributed by atoms with Crippen molar-refractivity contribution in [2.24, 2.45) is 5.92 Å². The molecule has 3 unspecified atom stereocenters. The predicted octanol–water partition coefficient (Wildman–Crippen LogP) is 3.62. The fourth-order valence-electron chi connectivity index (χ4n) is 3.50. The third-order valence-electron chi connectivity index (χ3n) is 4.56. The average molecular weight is 297 g/mol. The van der Waals surface area contributed by atoms with Gasteiger partial charge in [0.05, 0.1) is 5.60 Å². The van der Waals surface area contributed by atoms with Crippen LogP contribution in [0.25, 0.3) is 0 Å². The smallest absolute Gasteiger partial charge is 0.0783 e. The maximum absolute atomic E-state index is 6.15. The maximum Gasteiger partial charge on any atom is 0.0783 e. The van der Waals surface area contributed by atoms with Crippen LogP contribution in [0.3, 0.4) is 0 Å². The molecule has 1 aromatic rings. The molecule has 1 spiro atoms. The molecule has 4 heteroatoms. The standard InChI is InChI=1S/C15H23NOS2/c1-11-4-7-19-14(11)13(16-2)12-3-6-17-15(9-12)5-8-18-10-15/h4,7,12-13,16H,3,5-6,8-10H2,1-2H3. The van der Waals surface area contributed by atoms with Gasteiger partial charge in [0, 0.05) is 23.3 Å². The van der Waals surface area contributed by atoms with Crippen LogP contribution in [0, 0.1) is 12.8 Å². The SMILES string of the molecule is CNC(c1sccc1C)C1CCOC2(CCSC2)C1. The highest BCUT2D eigenvalue weighted by Gasteiger charge is 2.42. The Morgan fingerprint density at radius 2 is 2.42 bits per heavy atom. The van der Waals surface area contributed by atoms with Gasteiger partial charge < -0.3 is 10.1 Å². The number of hydrogen-bond donors (Lipinski definition) is 1. The molecule has 0 bridgehead atoms. The van der Waals surface area contributed by atoms with Crippen molar-refractivity contribution >= 4 is 23.1 Å². The minimum Gasteiger partial charge on any atom is -0.374 e. The summed E-state index contributed by atoms with van der Waals surface area (Å²) in [5, 5.41) is 5.79. The molecular formula is C15H23NOS2. The lowest BCUT2D eigenvalue weighted by molar-refractivity contribution is -0.0849. The van der Waals surface area contributed by atoms with Crippen LogP contribution in [-0.2, 0) is 4.74 Å². The second-order valence-corrected chi connectivity index (χ2v) is 7.87. The van der Waals surface area contributed by atoms with Gasteiger partial charge in [-0.25, -0.2) is 0 Å². The molecule has 2 aliphatic rings. The molecule has 1 aromatic heterocycles. The maximum atomic E-state index is 6.15. The van der Waals surface area contributed by atoms with Crippen molar-refractivity contribution < 1.29 is 4.74 Å². The van der Waals surface area contributed by atoms with E-state index in [-0.39, 0.29) is 5.60 Å². The van der Waals surface area contributed by atoms with E-state index in [2.05, 4.69) is 42.5 Å². The van der Waals surface area contributed by atoms with Gasteiger partial charge in [0.2, 0.25) is 0 Å². The van der Waals surface area contributed by atoms with E-state index in [0.29, 0.717) is 6.04 Å². The molecule has 2 aliphatic heterocycles. The van der Waals surface area contributed by atoms with Gasteiger partial charge in [0.15, 0.2) is 0 Å². The highest BCUT2D eigenvalue weighted by atomic mass is 32.2. The molecule has 1 N–H and O–H groups in total. The van der Waals surface area contributed by atoms with Crippen molar-refractivity contribution in [3.63, 3.8) is 0 Å². The number of nitrogens with one attached hydrogen (secondary N) is 1. The topological polar surface area (TPSA) is 21.3 Å². The Kier molecular flexibility index (Phi) is 4.22. The van der Waals surface area contributed by atoms with Gasteiger partial charge in [-0.2, -0.15) is 11.8 Å². The summed E-state index contributed by atoms with van der Waals surface area (Å²) in [6.07, 6.45) is 3.66. The van der Waals surface area contributed by atoms with Crippen LogP contribution < -0.4 is 5.32 Å². The number of thiophene rings is 1. The minimum atomic E-state index is 0.188. The highest BCUT2D eigenvalue weighted by molar-refractivity contribution is 7.99. The first-order valence-corrected chi connectivity index (χ1v) is 9.20. The first kappa shape index (κ1) is 13.9. The van der Waals surface area contributed by atoms with Gasteiger partial charge in [-0.05, 0) is 61.9 Å². The molecule has 3 atom stereocenters. The Morgan fingerprint density at radius 3 is 3.05 bits per heavy atom. The van der Waals surface area contributed by atoms with Gasteiger partial charge in [-0.1, -0.05) is 0 Å². The zero-order valence-electron chi connectivity index (χ0n) is 11.8. The van der Waals surface area contributed by atoms with Crippen molar-refractivity contribution in [1.29, 1.82) is 0 Å². The summed E-state index contributed by atoms with van der Waals surface area (Å²) < 4.78 is 6.15. The van der Waals surface area contributed by atoms with E-state index in [9.17, 15) is 0 Å². The van der Waals surface area contributed by atoms with E-state index < -0.39 is 0 Å². The fourth-order valence-corrected chi connectivity index (χ4v) is 6.01. The van der Waals surface area contributed by atoms with Gasteiger partial charge in [0.1, 0.15) is 0 Å². The molecular weight excluding hydrogens is 274 g/mol. The van der Waals surface area contributed by atoms with E-state index in [1.165, 1.54) is 41.2 Å². The summed E-state index contributed by atoms with van der Waals surface area (Å²) in [5.74, 6) is 3.19. The molecule has 2 nitrogen and oxygen atoms in total. The van der Waals surface area contributed by atoms with Gasteiger partial charge >= 0.3 is 0 Å². The summed E-state index contributed by atoms with van der Waals surface area (Å²) in [6, 6.07) is 2.75. The van der Waals surface area contributed by atoms with Crippen LogP contribution in [0.15, 0.2) is 11.4 Å². The van der Waals surface area contributed by atoms with Crippen molar-refractivity contribution in [2.75, 3.05) is 25.2 Å². The van der Waals surface area contributed by atoms with Crippen LogP contribution >= 0.6 is 23.1 Å². The lowest BCUT2D eigenvalue weighted by Crippen LogP contribution is -2.43. The third-order valence-corrected chi connectivity index (χ3v) is 6.89. The molecule has 0 saturated carbocycles. The molecule has 0 aliphatic carbocycles. The van der Waals surface area contributed by atoms with Crippen LogP contribution in [-0.4, -0.2) is 30.8 Å². The fraction of sp³-hybridized carbons (Fsp3) is 0.733. The van der Waals surface area contributed by atoms with E-state index in [1.807, 2.05) is 11.3 Å². The summed E-state index contributed by atoms with van der Waals surface area (Å²) in [5.41, 5.74) is 1.62. The Balaban J connectivity index is 1.78. The van der Waals surface area contributed by atoms with E-state index in [1.54, 1.807) is 0 Å². The largest absolute Gasteiger partial charge is 0.374 e. The number of aryl methyl sites for hydroxylation is 1. The Morgan fingerprint density at radius 1 is 1.53 bits per heavy atom. The van der Waals surface area contributed by atoms with E-state index in [0.717, 1.165) is 12.5 Å². The molecule has 0 amide bonds. The second-order valence-electron chi connectivity index (χ2n) is 5.82. The summed E-state index contributed by atoms with van der Waals surface area (Å²) in [7, 11) is 2.11. The molecule has 3 heterocycles. The summed E-state index contributed by atoms with van der Waals surface area (Å²) in [6.45, 7) is 3.17. The van der Waals surface area contributed by atoms with Crippen LogP contribution in [0.5, 0.6) is 0 Å². The third kappa shape index (κ3) is 2.73. The van der Waals surface area contributed by atoms with Gasteiger partial charge in [-0.3, -0.25) is 0 Å². The van der Waals surface area contributed by atoms with Gasteiger partial charge in [0.25, 0.3) is 0 Å². The minimum absolute atomic E-state index is 0.188. The summed E-state index contributed by atoms with van der Waals surface area (Å²) in [4.78, 5) is 1.52. The Hall–Kier alpha value is -0.0300. The summed E-state index contributed by atoms with van der Waals surface area (Å²) >= 11 is 3.96. The Bertz CT molecular complexity index is 426. The van der Waals surface area contributed by atoms with Crippen molar-refractivity contribution in [3.8, 4) is 0 Å². The monoisotopic (exact) mass is 297 g/mol. The zero-order chi connectivity index (χ0) is 13.3. The van der Waals surface area contributed by atoms with E-state index >= 15 is 0 Å². The normalized spacial score (nSPS) is 32.8. The quantitative estimate of drug-likeness (QED) is 0.921. The van der Waals surface area contributed by atoms with Crippen LogP contribution in [0.2, 0.25) is 0 Å². The first-order chi connectivity index (χ1) is 9.24. The van der Waals surface area contributed by atoms with E-state index in [4.69, 9.17) is 4.74 Å². The van der Waals surface area contributed by atoms with Crippen molar-refractivity contribution in [2.45, 2.75) is 37.8 Å². The zero-order valence-corrected chi connectivity index (χ0v) is 13.4. The molecule has 2 saturated heterocycles. The van der Waals surface area contributed by atoms with Crippen LogP contribution in [0.1, 0.15) is 35.7 Å². The number of hydrogen-bond acceptors (Lipinski definition) is 4. The molecule has 2 fully saturated rings. The number of rotatable bonds is 3. The highest BCUT2D eigenvalue weighted by Crippen LogP contribution is 2.44. The first-order valence-electron chi connectivity index (χ1n) is 7.17. The van der Waals surface area contributed by atoms with Crippen LogP contribution in [0.4, 0.5) is 0 Å². The molecule has 106 valence electrons. The lowest BCUT2D eigenvalue weighted by atomic mass is 9.80. The van der Waals surface area contributed by atoms with Crippen molar-refractivity contribution in [1.82, 2.24) is 5.32 Å². The number of thioether (sulfide) groups is 1. The van der Waals surface area contributed by atoms with Gasteiger partial charge in [-0.15, -0.1) is 11.3 Å². The lowest BCUT2D eigenvalue weighted by Gasteiger charge is -2.40. The predicted molar refractivity (Wildman–Crippen MR) is 84.2 cm³/mol. The number of ether oxygens (including phenoxy) is 1. The second kappa shape index (κ2) is 5.76. The average Bonchev–Trinajstić information content (AvgIpc) is 3.02. The van der Waals surface area contributed by atoms with Crippen molar-refractivity contribution in [3.05, 3.63) is 21.9 Å². The Labute approximate surface area is 124 Å².